The molecule has 0 saturated carbocycles. The highest BCUT2D eigenvalue weighted by atomic mass is 35.5. The van der Waals surface area contributed by atoms with Crippen LogP contribution in [0.3, 0.4) is 0 Å². The first-order valence-electron chi connectivity index (χ1n) is 21.8. The monoisotopic (exact) mass is 1100 g/mol. The summed E-state index contributed by atoms with van der Waals surface area (Å²) in [7, 11) is 0. The van der Waals surface area contributed by atoms with Crippen LogP contribution in [0.4, 0.5) is 42.8 Å². The number of carbonyl (C=O) groups is 5. The number of nitrogens with two attached hydrogens (primary N) is 1. The van der Waals surface area contributed by atoms with Crippen molar-refractivity contribution in [1.82, 2.24) is 19.2 Å². The van der Waals surface area contributed by atoms with Crippen molar-refractivity contribution < 1.29 is 67.3 Å². The SMILES string of the molecule is CC(C)(C)OC(=O)Nc1cc[n+](N)cc1Cl.CCOC(=O)c1cnn2ccc(NC(=O)OC(C)(C)C)c(Cl)c12.O=[N+]([O-])c1ccc([O-])c([N+](=O)[O-])c1.[CH2+]C(C)(C)OC(=O)Nc1cc2c(C(=O)OCC)cnn2cc1Cl. The molecule has 0 spiro atoms. The van der Waals surface area contributed by atoms with Gasteiger partial charge < -0.3 is 28.8 Å². The Bertz CT molecular complexity index is 3040. The number of aromatic nitrogens is 5. The van der Waals surface area contributed by atoms with Crippen LogP contribution in [0.1, 0.15) is 90.0 Å². The van der Waals surface area contributed by atoms with Crippen LogP contribution in [0.15, 0.2) is 73.6 Å². The van der Waals surface area contributed by atoms with Crippen molar-refractivity contribution in [2.75, 3.05) is 35.0 Å². The quantitative estimate of drug-likeness (QED) is 0.0189. The number of benzene rings is 1. The van der Waals surface area contributed by atoms with Crippen LogP contribution in [0.5, 0.6) is 5.75 Å². The summed E-state index contributed by atoms with van der Waals surface area (Å²) in [5.74, 6) is 3.58. The van der Waals surface area contributed by atoms with E-state index >= 15 is 0 Å². The van der Waals surface area contributed by atoms with Gasteiger partial charge in [0.2, 0.25) is 18.0 Å². The lowest BCUT2D eigenvalue weighted by atomic mass is 10.2. The summed E-state index contributed by atoms with van der Waals surface area (Å²) in [6.45, 7) is 21.5. The molecule has 29 heteroatoms. The summed E-state index contributed by atoms with van der Waals surface area (Å²) in [5.41, 5.74) is -0.922. The number of anilines is 3. The van der Waals surface area contributed by atoms with E-state index in [2.05, 4.69) is 33.1 Å². The van der Waals surface area contributed by atoms with Crippen molar-refractivity contribution in [3.8, 4) is 5.75 Å². The number of carbonyl (C=O) groups excluding carboxylic acids is 5. The highest BCUT2D eigenvalue weighted by molar-refractivity contribution is 6.38. The molecular formula is C46H53Cl3N11O15+. The number of halogens is 3. The second-order valence-electron chi connectivity index (χ2n) is 17.6. The third kappa shape index (κ3) is 19.2. The molecule has 0 bridgehead atoms. The minimum absolute atomic E-state index is 0.180. The maximum Gasteiger partial charge on any atom is 0.415 e. The fourth-order valence-electron chi connectivity index (χ4n) is 5.52. The number of esters is 2. The summed E-state index contributed by atoms with van der Waals surface area (Å²) < 4.78 is 29.4. The van der Waals surface area contributed by atoms with Gasteiger partial charge in [0.1, 0.15) is 39.8 Å². The maximum absolute atomic E-state index is 11.9. The first-order chi connectivity index (χ1) is 34.7. The van der Waals surface area contributed by atoms with Crippen molar-refractivity contribution in [3.05, 3.63) is 127 Å². The molecule has 75 heavy (non-hydrogen) atoms. The summed E-state index contributed by atoms with van der Waals surface area (Å²) in [6.07, 6.45) is 6.97. The van der Waals surface area contributed by atoms with Crippen molar-refractivity contribution in [3.63, 3.8) is 0 Å². The molecule has 0 unspecified atom stereocenters. The average Bonchev–Trinajstić information content (AvgIpc) is 3.90. The van der Waals surface area contributed by atoms with Gasteiger partial charge in [-0.15, -0.1) is 0 Å². The van der Waals surface area contributed by atoms with Crippen LogP contribution >= 0.6 is 34.8 Å². The van der Waals surface area contributed by atoms with Gasteiger partial charge in [-0.2, -0.15) is 10.2 Å². The molecule has 26 nitrogen and oxygen atoms in total. The van der Waals surface area contributed by atoms with E-state index in [1.807, 2.05) is 0 Å². The van der Waals surface area contributed by atoms with Crippen LogP contribution in [0.2, 0.25) is 15.1 Å². The van der Waals surface area contributed by atoms with Gasteiger partial charge >= 0.3 is 30.2 Å². The Morgan fingerprint density at radius 1 is 0.720 bits per heavy atom. The van der Waals surface area contributed by atoms with Gasteiger partial charge in [-0.1, -0.05) is 45.5 Å². The Kier molecular flexibility index (Phi) is 21.2. The van der Waals surface area contributed by atoms with Crippen molar-refractivity contribution in [2.24, 2.45) is 0 Å². The van der Waals surface area contributed by atoms with Gasteiger partial charge in [0.05, 0.1) is 74.1 Å². The molecule has 6 rings (SSSR count). The topological polar surface area (TPSA) is 341 Å². The zero-order valence-electron chi connectivity index (χ0n) is 42.0. The second kappa shape index (κ2) is 26.0. The lowest BCUT2D eigenvalue weighted by Gasteiger charge is -2.20. The zero-order valence-corrected chi connectivity index (χ0v) is 44.3. The third-order valence-corrected chi connectivity index (χ3v) is 9.37. The minimum Gasteiger partial charge on any atom is -0.868 e. The molecule has 0 saturated heterocycles. The number of amides is 3. The van der Waals surface area contributed by atoms with E-state index in [9.17, 15) is 49.3 Å². The highest BCUT2D eigenvalue weighted by Gasteiger charge is 2.26. The van der Waals surface area contributed by atoms with Crippen LogP contribution in [-0.2, 0) is 23.7 Å². The van der Waals surface area contributed by atoms with Gasteiger partial charge in [-0.3, -0.25) is 36.2 Å². The molecule has 5 aromatic heterocycles. The summed E-state index contributed by atoms with van der Waals surface area (Å²) in [6, 6.07) is 7.06. The molecule has 0 aliphatic rings. The van der Waals surface area contributed by atoms with Crippen LogP contribution in [0, 0.1) is 27.2 Å². The van der Waals surface area contributed by atoms with E-state index in [0.29, 0.717) is 39.2 Å². The largest absolute Gasteiger partial charge is 0.868 e. The fourth-order valence-corrected chi connectivity index (χ4v) is 6.23. The molecule has 0 atom stereocenters. The van der Waals surface area contributed by atoms with Crippen molar-refractivity contribution in [2.45, 2.75) is 86.0 Å². The van der Waals surface area contributed by atoms with E-state index < -0.39 is 74.0 Å². The minimum atomic E-state index is -0.949. The number of nitrogens with zero attached hydrogens (tertiary/aromatic N) is 7. The van der Waals surface area contributed by atoms with Crippen molar-refractivity contribution >= 4 is 104 Å². The van der Waals surface area contributed by atoms with Crippen LogP contribution in [-0.4, -0.2) is 89.3 Å². The van der Waals surface area contributed by atoms with Crippen LogP contribution < -0.4 is 31.6 Å². The lowest BCUT2D eigenvalue weighted by Crippen LogP contribution is -2.43. The number of nitrogen functional groups attached to an aromatic ring is 1. The summed E-state index contributed by atoms with van der Waals surface area (Å²) in [4.78, 5) is 77.6. The second-order valence-corrected chi connectivity index (χ2v) is 18.8. The van der Waals surface area contributed by atoms with E-state index in [1.165, 1.54) is 44.6 Å². The Balaban J connectivity index is 0.000000270. The van der Waals surface area contributed by atoms with Gasteiger partial charge in [-0.05, 0) is 73.3 Å². The molecule has 5 heterocycles. The number of nitro groups is 2. The number of hydrogen-bond acceptors (Lipinski definition) is 18. The molecule has 1 aromatic carbocycles. The predicted molar refractivity (Wildman–Crippen MR) is 273 cm³/mol. The number of fused-ring (bicyclic) bond motifs is 2. The first kappa shape index (κ1) is 60.9. The summed E-state index contributed by atoms with van der Waals surface area (Å²) >= 11 is 18.3. The number of pyridine rings is 3. The molecule has 402 valence electrons. The fraction of sp³-hybridized carbons (Fsp3) is 0.326. The molecule has 0 fully saturated rings. The standard InChI is InChI=1S/C15H16ClN3O4.C15H18ClN3O4.C10H14ClN3O2.C6H4N2O5/c1-5-22-13(20)9-7-17-19-8-10(16)11(6-12(9)19)18-14(21)23-15(2,3)4;1-5-22-13(20)9-8-17-19-7-6-10(11(16)12(9)19)18-14(21)23-15(2,3)4;1-10(2,3)16-9(15)13-8-4-5-14(12)6-7(8)11;9-6-2-1-4(7(10)11)3-5(6)8(12)13/h6-8H,2,5H2,1,3-4H3;6-8H,5H2,1-4H3,(H,18,21);4-6H,12H2,1-3H3;1-3,9H/p+1. The van der Waals surface area contributed by atoms with E-state index in [-0.39, 0.29) is 34.4 Å². The normalized spacial score (nSPS) is 10.9. The predicted octanol–water partition coefficient (Wildman–Crippen LogP) is 9.10. The Morgan fingerprint density at radius 2 is 1.24 bits per heavy atom. The number of nitro benzene ring substituents is 2. The third-order valence-electron chi connectivity index (χ3n) is 8.38. The lowest BCUT2D eigenvalue weighted by molar-refractivity contribution is -0.638. The van der Waals surface area contributed by atoms with Gasteiger partial charge in [0.25, 0.3) is 11.4 Å². The molecule has 0 aliphatic carbocycles. The van der Waals surface area contributed by atoms with Gasteiger partial charge in [-0.25, -0.2) is 38.8 Å². The molecular weight excluding hydrogens is 1050 g/mol. The number of hydrogen-bond donors (Lipinski definition) is 4. The first-order valence-corrected chi connectivity index (χ1v) is 22.9. The Labute approximate surface area is 443 Å². The zero-order chi connectivity index (χ0) is 56.7. The van der Waals surface area contributed by atoms with E-state index in [4.69, 9.17) is 64.3 Å². The molecule has 5 N–H and O–H groups in total. The number of ether oxygens (including phenoxy) is 5. The van der Waals surface area contributed by atoms with Crippen molar-refractivity contribution in [1.29, 1.82) is 0 Å². The molecule has 0 aliphatic heterocycles. The van der Waals surface area contributed by atoms with E-state index in [0.717, 1.165) is 12.1 Å². The molecule has 6 aromatic rings. The average molecular weight is 1110 g/mol. The number of rotatable bonds is 10. The Morgan fingerprint density at radius 3 is 1.76 bits per heavy atom. The molecule has 0 radical (unpaired) electrons. The van der Waals surface area contributed by atoms with Crippen LogP contribution in [0.25, 0.3) is 11.0 Å². The number of nitrogens with one attached hydrogen (secondary N) is 3. The van der Waals surface area contributed by atoms with Gasteiger partial charge in [0, 0.05) is 38.4 Å². The maximum atomic E-state index is 11.9. The number of non-ortho nitro benzene ring substituents is 1. The summed E-state index contributed by atoms with van der Waals surface area (Å²) in [5, 5.41) is 47.6. The smallest absolute Gasteiger partial charge is 0.415 e. The highest BCUT2D eigenvalue weighted by Crippen LogP contribution is 2.31. The Hall–Kier alpha value is -8.36. The van der Waals surface area contributed by atoms with Gasteiger partial charge in [0.15, 0.2) is 0 Å². The van der Waals surface area contributed by atoms with E-state index in [1.54, 1.807) is 93.8 Å². The molecule has 3 amide bonds.